The lowest BCUT2D eigenvalue weighted by molar-refractivity contribution is -0.572. The average Bonchev–Trinajstić information content (AvgIpc) is 3.78. The molecule has 9 aromatic rings. The van der Waals surface area contributed by atoms with Crippen molar-refractivity contribution in [2.75, 3.05) is 0 Å². The van der Waals surface area contributed by atoms with Crippen LogP contribution < -0.4 is 9.30 Å². The molecular formula is C51H46N4O. The van der Waals surface area contributed by atoms with Crippen molar-refractivity contribution in [2.24, 2.45) is 0 Å². The first-order valence-corrected chi connectivity index (χ1v) is 19.0. The Balaban J connectivity index is 1.11. The monoisotopic (exact) mass is 735 g/mol. The summed E-state index contributed by atoms with van der Waals surface area (Å²) in [6, 6.07) is 37.7. The molecule has 0 unspecified atom stereocenters. The quantitative estimate of drug-likeness (QED) is 0.126. The van der Waals surface area contributed by atoms with E-state index in [-0.39, 0.29) is 40.6 Å². The van der Waals surface area contributed by atoms with Gasteiger partial charge in [0.25, 0.3) is 6.33 Å². The number of pyridine rings is 1. The van der Waals surface area contributed by atoms with Crippen LogP contribution in [0.2, 0.25) is 0 Å². The van der Waals surface area contributed by atoms with E-state index in [1.807, 2.05) is 61.5 Å². The minimum absolute atomic E-state index is 0.0322. The van der Waals surface area contributed by atoms with Gasteiger partial charge in [-0.1, -0.05) is 126 Å². The van der Waals surface area contributed by atoms with Gasteiger partial charge >= 0.3 is 0 Å². The number of nitrogens with zero attached hydrogens (tertiary/aromatic N) is 4. The molecule has 0 amide bonds. The van der Waals surface area contributed by atoms with Gasteiger partial charge in [0.1, 0.15) is 17.3 Å². The molecule has 0 fully saturated rings. The smallest absolute Gasteiger partial charge is 0.269 e. The van der Waals surface area contributed by atoms with Crippen LogP contribution in [0.3, 0.4) is 0 Å². The first-order valence-electron chi connectivity index (χ1n) is 21.5. The number of hydrogen-bond acceptors (Lipinski definition) is 2. The van der Waals surface area contributed by atoms with Crippen LogP contribution in [0.1, 0.15) is 65.1 Å². The summed E-state index contributed by atoms with van der Waals surface area (Å²) in [6.07, 6.45) is 5.29. The van der Waals surface area contributed by atoms with Crippen LogP contribution in [-0.2, 0) is 10.8 Å². The zero-order valence-corrected chi connectivity index (χ0v) is 32.7. The Bertz CT molecular complexity index is 3160. The first kappa shape index (κ1) is 29.8. The minimum atomic E-state index is -0.423. The summed E-state index contributed by atoms with van der Waals surface area (Å²) < 4.78 is 54.6. The van der Waals surface area contributed by atoms with Gasteiger partial charge in [-0.15, -0.1) is 0 Å². The van der Waals surface area contributed by atoms with E-state index >= 15 is 0 Å². The molecule has 0 aliphatic heterocycles. The SMILES string of the molecule is [2H]c1c([2H])c([2H])c(-c2cnc(-n3c4ccccc4c4ccc(Oc5cccc(-n6[c-][n+](-c7cc(C(C)(C)C)cc(C(C)(C)C)c7)c7ccccc76)c5)cc43)cc2C)c([2H])c1[2H]. The first-order chi connectivity index (χ1) is 29.0. The van der Waals surface area contributed by atoms with E-state index in [2.05, 4.69) is 122 Å². The largest absolute Gasteiger partial charge is 0.458 e. The zero-order chi connectivity index (χ0) is 43.1. The van der Waals surface area contributed by atoms with Gasteiger partial charge in [-0.05, 0) is 94.6 Å². The van der Waals surface area contributed by atoms with E-state index in [0.29, 0.717) is 22.9 Å². The van der Waals surface area contributed by atoms with Gasteiger partial charge in [-0.3, -0.25) is 13.7 Å². The van der Waals surface area contributed by atoms with Gasteiger partial charge in [-0.2, -0.15) is 0 Å². The topological polar surface area (TPSA) is 35.9 Å². The van der Waals surface area contributed by atoms with E-state index in [9.17, 15) is 0 Å². The second kappa shape index (κ2) is 13.4. The van der Waals surface area contributed by atoms with Crippen molar-refractivity contribution < 1.29 is 16.2 Å². The number of para-hydroxylation sites is 3. The molecule has 9 rings (SSSR count). The molecule has 3 heterocycles. The number of hydrogen-bond donors (Lipinski definition) is 0. The molecule has 5 nitrogen and oxygen atoms in total. The summed E-state index contributed by atoms with van der Waals surface area (Å²) in [6.45, 7) is 15.4. The van der Waals surface area contributed by atoms with E-state index in [0.717, 1.165) is 49.8 Å². The third-order valence-corrected chi connectivity index (χ3v) is 10.5. The molecular weight excluding hydrogens is 685 g/mol. The highest BCUT2D eigenvalue weighted by Crippen LogP contribution is 2.37. The zero-order valence-electron chi connectivity index (χ0n) is 37.7. The second-order valence-corrected chi connectivity index (χ2v) is 16.5. The standard InChI is InChI=1S/C51H46N4O/c1-34-26-49(52-32-44(34)35-16-9-8-10-17-35)55-45-21-12-11-20-42(45)43-25-24-41(31-48(43)55)56-40-19-15-18-38(30-40)53-33-54(47-23-14-13-22-46(47)53)39-28-36(50(2,3)4)27-37(29-39)51(5,6)7/h8-32H,1-7H3/i8D,9D,10D,16D,17D. The van der Waals surface area contributed by atoms with Crippen molar-refractivity contribution in [3.63, 3.8) is 0 Å². The van der Waals surface area contributed by atoms with Crippen LogP contribution in [0.15, 0.2) is 152 Å². The Morgan fingerprint density at radius 2 is 1.34 bits per heavy atom. The lowest BCUT2D eigenvalue weighted by Crippen LogP contribution is -2.31. The number of fused-ring (bicyclic) bond motifs is 4. The lowest BCUT2D eigenvalue weighted by atomic mass is 9.80. The number of aromatic nitrogens is 4. The summed E-state index contributed by atoms with van der Waals surface area (Å²) in [5.41, 5.74) is 9.69. The molecule has 0 saturated heterocycles. The Hall–Kier alpha value is -6.46. The minimum Gasteiger partial charge on any atom is -0.458 e. The van der Waals surface area contributed by atoms with E-state index in [4.69, 9.17) is 16.6 Å². The maximum Gasteiger partial charge on any atom is 0.269 e. The van der Waals surface area contributed by atoms with Crippen LogP contribution >= 0.6 is 0 Å². The maximum atomic E-state index is 8.56. The third kappa shape index (κ3) is 6.33. The molecule has 0 aliphatic rings. The number of imidazole rings is 1. The molecule has 5 heteroatoms. The normalized spacial score (nSPS) is 13.4. The summed E-state index contributed by atoms with van der Waals surface area (Å²) in [7, 11) is 0. The van der Waals surface area contributed by atoms with Crippen molar-refractivity contribution in [3.8, 4) is 39.8 Å². The predicted octanol–water partition coefficient (Wildman–Crippen LogP) is 12.6. The fourth-order valence-electron chi connectivity index (χ4n) is 7.44. The number of rotatable bonds is 6. The van der Waals surface area contributed by atoms with E-state index in [1.54, 1.807) is 6.20 Å². The van der Waals surface area contributed by atoms with Gasteiger partial charge in [-0.25, -0.2) is 4.98 Å². The second-order valence-electron chi connectivity index (χ2n) is 16.5. The average molecular weight is 736 g/mol. The molecule has 0 atom stereocenters. The Morgan fingerprint density at radius 1 is 0.661 bits per heavy atom. The highest BCUT2D eigenvalue weighted by molar-refractivity contribution is 6.09. The summed E-state index contributed by atoms with van der Waals surface area (Å²) in [5, 5.41) is 2.07. The highest BCUT2D eigenvalue weighted by atomic mass is 16.5. The number of ether oxygens (including phenoxy) is 1. The fraction of sp³-hybridized carbons (Fsp3) is 0.176. The van der Waals surface area contributed by atoms with Gasteiger partial charge in [0.2, 0.25) is 0 Å². The number of benzene rings is 6. The molecule has 0 aliphatic carbocycles. The molecule has 0 bridgehead atoms. The highest BCUT2D eigenvalue weighted by Gasteiger charge is 2.23. The van der Waals surface area contributed by atoms with Gasteiger partial charge in [0.15, 0.2) is 0 Å². The van der Waals surface area contributed by atoms with Gasteiger partial charge in [0, 0.05) is 28.6 Å². The Labute approximate surface area is 336 Å². The van der Waals surface area contributed by atoms with Crippen molar-refractivity contribution >= 4 is 32.8 Å². The molecule has 0 saturated carbocycles. The fourth-order valence-corrected chi connectivity index (χ4v) is 7.44. The molecule has 6 aromatic carbocycles. The Kier molecular flexibility index (Phi) is 7.13. The molecule has 56 heavy (non-hydrogen) atoms. The van der Waals surface area contributed by atoms with Crippen LogP contribution in [0, 0.1) is 13.3 Å². The van der Waals surface area contributed by atoms with Crippen LogP contribution in [0.5, 0.6) is 11.5 Å². The molecule has 3 aromatic heterocycles. The Morgan fingerprint density at radius 3 is 2.07 bits per heavy atom. The number of aryl methyl sites for hydroxylation is 1. The predicted molar refractivity (Wildman–Crippen MR) is 230 cm³/mol. The maximum absolute atomic E-state index is 8.56. The summed E-state index contributed by atoms with van der Waals surface area (Å²) in [4.78, 5) is 4.84. The molecule has 0 spiro atoms. The molecule has 0 radical (unpaired) electrons. The van der Waals surface area contributed by atoms with Crippen LogP contribution in [-0.4, -0.2) is 14.1 Å². The van der Waals surface area contributed by atoms with E-state index in [1.165, 1.54) is 11.1 Å². The third-order valence-electron chi connectivity index (χ3n) is 10.5. The van der Waals surface area contributed by atoms with Crippen molar-refractivity contribution in [2.45, 2.75) is 59.3 Å². The van der Waals surface area contributed by atoms with Crippen molar-refractivity contribution in [1.29, 1.82) is 0 Å². The molecule has 276 valence electrons. The van der Waals surface area contributed by atoms with Crippen molar-refractivity contribution in [3.05, 3.63) is 175 Å². The van der Waals surface area contributed by atoms with Crippen LogP contribution in [0.25, 0.3) is 61.2 Å². The summed E-state index contributed by atoms with van der Waals surface area (Å²) in [5.74, 6) is 1.94. The van der Waals surface area contributed by atoms with Gasteiger partial charge in [0.05, 0.1) is 40.3 Å². The molecule has 0 N–H and O–H groups in total. The van der Waals surface area contributed by atoms with Gasteiger partial charge < -0.3 is 4.74 Å². The van der Waals surface area contributed by atoms with Crippen LogP contribution in [0.4, 0.5) is 0 Å². The lowest BCUT2D eigenvalue weighted by Gasteiger charge is -2.26. The van der Waals surface area contributed by atoms with E-state index < -0.39 is 6.04 Å². The van der Waals surface area contributed by atoms with Crippen molar-refractivity contribution in [1.82, 2.24) is 14.1 Å². The summed E-state index contributed by atoms with van der Waals surface area (Å²) >= 11 is 0.